The largest absolute Gasteiger partial charge is 0.299 e. The molecule has 2 aromatic rings. The van der Waals surface area contributed by atoms with Crippen LogP contribution in [0.1, 0.15) is 35.1 Å². The smallest absolute Gasteiger partial charge is 0.297 e. The topological polar surface area (TPSA) is 68.1 Å². The number of ketones is 1. The third-order valence-corrected chi connectivity index (χ3v) is 3.56. The molecule has 6 nitrogen and oxygen atoms in total. The molecule has 0 spiro atoms. The zero-order chi connectivity index (χ0) is 15.0. The molecular weight excluding hydrogens is 268 g/mol. The number of amides is 1. The van der Waals surface area contributed by atoms with Crippen molar-refractivity contribution in [1.29, 1.82) is 0 Å². The average Bonchev–Trinajstić information content (AvgIpc) is 2.99. The van der Waals surface area contributed by atoms with Gasteiger partial charge in [-0.25, -0.2) is 9.67 Å². The average molecular weight is 284 g/mol. The lowest BCUT2D eigenvalue weighted by Crippen LogP contribution is -2.30. The molecule has 0 aliphatic carbocycles. The second-order valence-electron chi connectivity index (χ2n) is 5.14. The van der Waals surface area contributed by atoms with E-state index in [-0.39, 0.29) is 6.54 Å². The van der Waals surface area contributed by atoms with E-state index in [2.05, 4.69) is 10.1 Å². The fourth-order valence-corrected chi connectivity index (χ4v) is 2.52. The highest BCUT2D eigenvalue weighted by molar-refractivity contribution is 6.52. The van der Waals surface area contributed by atoms with E-state index in [1.807, 2.05) is 26.0 Å². The molecule has 0 N–H and O–H groups in total. The van der Waals surface area contributed by atoms with Gasteiger partial charge in [0.25, 0.3) is 11.7 Å². The number of carbonyl (C=O) groups is 2. The summed E-state index contributed by atoms with van der Waals surface area (Å²) < 4.78 is 1.77. The van der Waals surface area contributed by atoms with Crippen LogP contribution < -0.4 is 4.90 Å². The van der Waals surface area contributed by atoms with Crippen LogP contribution in [0.5, 0.6) is 0 Å². The number of fused-ring (bicyclic) bond motifs is 1. The lowest BCUT2D eigenvalue weighted by molar-refractivity contribution is -0.114. The minimum absolute atomic E-state index is 0.265. The summed E-state index contributed by atoms with van der Waals surface area (Å²) >= 11 is 0. The van der Waals surface area contributed by atoms with Gasteiger partial charge in [0, 0.05) is 6.54 Å². The number of carbonyl (C=O) groups excluding carboxylic acids is 2. The van der Waals surface area contributed by atoms with Crippen LogP contribution in [-0.2, 0) is 17.9 Å². The van der Waals surface area contributed by atoms with E-state index in [9.17, 15) is 9.59 Å². The van der Waals surface area contributed by atoms with Gasteiger partial charge in [0.15, 0.2) is 0 Å². The van der Waals surface area contributed by atoms with Gasteiger partial charge in [-0.1, -0.05) is 18.6 Å². The minimum atomic E-state index is -0.498. The highest BCUT2D eigenvalue weighted by Crippen LogP contribution is 2.30. The second kappa shape index (κ2) is 5.12. The molecule has 1 aromatic heterocycles. The van der Waals surface area contributed by atoms with Gasteiger partial charge in [0.2, 0.25) is 0 Å². The first-order valence-corrected chi connectivity index (χ1v) is 6.95. The Balaban J connectivity index is 1.95. The van der Waals surface area contributed by atoms with Crippen LogP contribution in [-0.4, -0.2) is 26.5 Å². The van der Waals surface area contributed by atoms with Crippen molar-refractivity contribution in [3.63, 3.8) is 0 Å². The van der Waals surface area contributed by atoms with Crippen molar-refractivity contribution >= 4 is 17.4 Å². The Morgan fingerprint density at radius 2 is 2.05 bits per heavy atom. The molecule has 1 aliphatic heterocycles. The van der Waals surface area contributed by atoms with E-state index in [0.717, 1.165) is 18.5 Å². The van der Waals surface area contributed by atoms with Crippen LogP contribution in [0, 0.1) is 6.92 Å². The number of aromatic nitrogens is 3. The molecular formula is C15H16N4O2. The summed E-state index contributed by atoms with van der Waals surface area (Å²) in [7, 11) is 0. The van der Waals surface area contributed by atoms with Crippen molar-refractivity contribution < 1.29 is 9.59 Å². The molecule has 3 rings (SSSR count). The fourth-order valence-electron chi connectivity index (χ4n) is 2.52. The molecule has 2 heterocycles. The molecule has 0 bridgehead atoms. The molecule has 108 valence electrons. The van der Waals surface area contributed by atoms with Gasteiger partial charge in [-0.2, -0.15) is 5.10 Å². The number of anilines is 1. The van der Waals surface area contributed by atoms with Gasteiger partial charge in [0.05, 0.1) is 17.8 Å². The Morgan fingerprint density at radius 3 is 2.81 bits per heavy atom. The number of rotatable bonds is 4. The lowest BCUT2D eigenvalue weighted by atomic mass is 10.1. The molecule has 1 aromatic carbocycles. The van der Waals surface area contributed by atoms with E-state index in [0.29, 0.717) is 17.1 Å². The van der Waals surface area contributed by atoms with Gasteiger partial charge in [0.1, 0.15) is 12.2 Å². The van der Waals surface area contributed by atoms with Crippen molar-refractivity contribution in [2.24, 2.45) is 0 Å². The molecule has 0 saturated heterocycles. The van der Waals surface area contributed by atoms with Gasteiger partial charge in [-0.15, -0.1) is 0 Å². The number of aryl methyl sites for hydroxylation is 2. The Bertz CT molecular complexity index is 720. The van der Waals surface area contributed by atoms with Gasteiger partial charge in [-0.05, 0) is 25.5 Å². The standard InChI is InChI=1S/C15H16N4O2/c1-3-6-19-13(16-9-17-19)8-18-12-5-4-10(2)7-11(12)14(20)15(18)21/h4-5,7,9H,3,6,8H2,1-2H3. The normalized spacial score (nSPS) is 13.9. The van der Waals surface area contributed by atoms with E-state index in [4.69, 9.17) is 0 Å². The summed E-state index contributed by atoms with van der Waals surface area (Å²) in [5, 5.41) is 4.14. The van der Waals surface area contributed by atoms with Crippen LogP contribution in [0.25, 0.3) is 0 Å². The molecule has 0 fully saturated rings. The number of Topliss-reactive ketones (excluding diaryl/α,β-unsaturated/α-hetero) is 1. The SMILES string of the molecule is CCCn1ncnc1CN1C(=O)C(=O)c2cc(C)ccc21. The zero-order valence-electron chi connectivity index (χ0n) is 12.0. The first-order chi connectivity index (χ1) is 10.1. The van der Waals surface area contributed by atoms with Crippen molar-refractivity contribution in [2.45, 2.75) is 33.4 Å². The van der Waals surface area contributed by atoms with Crippen LogP contribution in [0.15, 0.2) is 24.5 Å². The lowest BCUT2D eigenvalue weighted by Gasteiger charge is -2.16. The van der Waals surface area contributed by atoms with Gasteiger partial charge >= 0.3 is 0 Å². The molecule has 0 unspecified atom stereocenters. The molecule has 1 aliphatic rings. The van der Waals surface area contributed by atoms with Crippen LogP contribution in [0.4, 0.5) is 5.69 Å². The van der Waals surface area contributed by atoms with Gasteiger partial charge < -0.3 is 0 Å². The van der Waals surface area contributed by atoms with Crippen molar-refractivity contribution in [2.75, 3.05) is 4.90 Å². The Kier molecular flexibility index (Phi) is 3.29. The minimum Gasteiger partial charge on any atom is -0.297 e. The second-order valence-corrected chi connectivity index (χ2v) is 5.14. The molecule has 6 heteroatoms. The summed E-state index contributed by atoms with van der Waals surface area (Å²) in [5.41, 5.74) is 2.09. The summed E-state index contributed by atoms with van der Waals surface area (Å²) in [5.74, 6) is -0.261. The van der Waals surface area contributed by atoms with E-state index in [1.54, 1.807) is 10.7 Å². The van der Waals surface area contributed by atoms with Crippen LogP contribution in [0.2, 0.25) is 0 Å². The maximum absolute atomic E-state index is 12.2. The molecule has 0 atom stereocenters. The number of nitrogens with zero attached hydrogens (tertiary/aromatic N) is 4. The summed E-state index contributed by atoms with van der Waals surface area (Å²) in [6, 6.07) is 5.47. The molecule has 0 radical (unpaired) electrons. The predicted molar refractivity (Wildman–Crippen MR) is 77.0 cm³/mol. The Morgan fingerprint density at radius 1 is 1.24 bits per heavy atom. The van der Waals surface area contributed by atoms with Crippen molar-refractivity contribution in [3.05, 3.63) is 41.5 Å². The molecule has 1 amide bonds. The van der Waals surface area contributed by atoms with Crippen molar-refractivity contribution in [3.8, 4) is 0 Å². The van der Waals surface area contributed by atoms with Gasteiger partial charge in [-0.3, -0.25) is 14.5 Å². The summed E-state index contributed by atoms with van der Waals surface area (Å²) in [6.07, 6.45) is 2.41. The predicted octanol–water partition coefficient (Wildman–Crippen LogP) is 1.73. The highest BCUT2D eigenvalue weighted by Gasteiger charge is 2.36. The fraction of sp³-hybridized carbons (Fsp3) is 0.333. The van der Waals surface area contributed by atoms with Crippen LogP contribution in [0.3, 0.4) is 0 Å². The number of benzene rings is 1. The maximum Gasteiger partial charge on any atom is 0.299 e. The number of hydrogen-bond acceptors (Lipinski definition) is 4. The van der Waals surface area contributed by atoms with E-state index in [1.165, 1.54) is 11.2 Å². The monoisotopic (exact) mass is 284 g/mol. The zero-order valence-corrected chi connectivity index (χ0v) is 12.0. The van der Waals surface area contributed by atoms with Crippen molar-refractivity contribution in [1.82, 2.24) is 14.8 Å². The Hall–Kier alpha value is -2.50. The first kappa shape index (κ1) is 13.5. The Labute approximate surface area is 122 Å². The third kappa shape index (κ3) is 2.22. The van der Waals surface area contributed by atoms with E-state index < -0.39 is 11.7 Å². The van der Waals surface area contributed by atoms with E-state index >= 15 is 0 Å². The third-order valence-electron chi connectivity index (χ3n) is 3.56. The maximum atomic E-state index is 12.2. The quantitative estimate of drug-likeness (QED) is 0.802. The van der Waals surface area contributed by atoms with Crippen LogP contribution >= 0.6 is 0 Å². The summed E-state index contributed by atoms with van der Waals surface area (Å²) in [6.45, 7) is 4.96. The first-order valence-electron chi connectivity index (χ1n) is 6.95. The highest BCUT2D eigenvalue weighted by atomic mass is 16.2. The number of hydrogen-bond donors (Lipinski definition) is 0. The molecule has 21 heavy (non-hydrogen) atoms. The molecule has 0 saturated carbocycles. The summed E-state index contributed by atoms with van der Waals surface area (Å²) in [4.78, 5) is 29.9.